The lowest BCUT2D eigenvalue weighted by atomic mass is 9.84. The van der Waals surface area contributed by atoms with Crippen LogP contribution in [0.1, 0.15) is 32.6 Å². The molecule has 2 aliphatic rings. The Morgan fingerprint density at radius 3 is 2.81 bits per heavy atom. The van der Waals surface area contributed by atoms with Crippen LogP contribution in [-0.4, -0.2) is 23.2 Å². The van der Waals surface area contributed by atoms with Gasteiger partial charge in [0.15, 0.2) is 0 Å². The first-order valence-electron chi connectivity index (χ1n) is 6.05. The standard InChI is InChI=1S/C12H18N2O2/c1-2-9(6-13)14-11-8-4-3-7(5-8)10(11)12(15)16/h7-11,14H,2-5H2,1H3,(H,15,16). The molecule has 0 heterocycles. The second kappa shape index (κ2) is 4.42. The van der Waals surface area contributed by atoms with E-state index in [9.17, 15) is 9.90 Å². The van der Waals surface area contributed by atoms with E-state index in [2.05, 4.69) is 11.4 Å². The summed E-state index contributed by atoms with van der Waals surface area (Å²) in [5, 5.41) is 21.4. The summed E-state index contributed by atoms with van der Waals surface area (Å²) in [7, 11) is 0. The van der Waals surface area contributed by atoms with Crippen molar-refractivity contribution in [1.29, 1.82) is 5.26 Å². The zero-order valence-corrected chi connectivity index (χ0v) is 9.52. The third-order valence-corrected chi connectivity index (χ3v) is 4.16. The summed E-state index contributed by atoms with van der Waals surface area (Å²) in [6.45, 7) is 1.95. The SMILES string of the molecule is CCC(C#N)NC1C2CCC(C2)C1C(=O)O. The average molecular weight is 222 g/mol. The molecule has 0 amide bonds. The molecular formula is C12H18N2O2. The zero-order valence-electron chi connectivity index (χ0n) is 9.52. The molecule has 2 saturated carbocycles. The lowest BCUT2D eigenvalue weighted by Crippen LogP contribution is -2.48. The van der Waals surface area contributed by atoms with Gasteiger partial charge in [-0.25, -0.2) is 0 Å². The average Bonchev–Trinajstić information content (AvgIpc) is 2.85. The number of hydrogen-bond donors (Lipinski definition) is 2. The molecule has 0 spiro atoms. The fraction of sp³-hybridized carbons (Fsp3) is 0.833. The monoisotopic (exact) mass is 222 g/mol. The number of nitrogens with zero attached hydrogens (tertiary/aromatic N) is 1. The van der Waals surface area contributed by atoms with E-state index in [1.807, 2.05) is 6.92 Å². The molecule has 2 rings (SSSR count). The van der Waals surface area contributed by atoms with Crippen molar-refractivity contribution < 1.29 is 9.90 Å². The first-order chi connectivity index (χ1) is 7.67. The van der Waals surface area contributed by atoms with E-state index in [0.29, 0.717) is 11.8 Å². The first-order valence-corrected chi connectivity index (χ1v) is 6.05. The van der Waals surface area contributed by atoms with E-state index in [1.165, 1.54) is 0 Å². The van der Waals surface area contributed by atoms with E-state index >= 15 is 0 Å². The minimum absolute atomic E-state index is 0.0147. The molecule has 4 heteroatoms. The molecule has 88 valence electrons. The van der Waals surface area contributed by atoms with Crippen LogP contribution >= 0.6 is 0 Å². The molecule has 5 atom stereocenters. The molecular weight excluding hydrogens is 204 g/mol. The number of carboxylic acids is 1. The van der Waals surface area contributed by atoms with Crippen molar-refractivity contribution in [3.63, 3.8) is 0 Å². The Morgan fingerprint density at radius 2 is 2.25 bits per heavy atom. The number of carbonyl (C=O) groups is 1. The summed E-state index contributed by atoms with van der Waals surface area (Å²) < 4.78 is 0. The maximum Gasteiger partial charge on any atom is 0.308 e. The van der Waals surface area contributed by atoms with Gasteiger partial charge in [-0.15, -0.1) is 0 Å². The second-order valence-corrected chi connectivity index (χ2v) is 4.98. The predicted molar refractivity (Wildman–Crippen MR) is 58.6 cm³/mol. The molecule has 0 aromatic rings. The number of hydrogen-bond acceptors (Lipinski definition) is 3. The highest BCUT2D eigenvalue weighted by atomic mass is 16.4. The molecule has 0 saturated heterocycles. The number of nitrogens with one attached hydrogen (secondary N) is 1. The van der Waals surface area contributed by atoms with Crippen LogP contribution in [0.2, 0.25) is 0 Å². The van der Waals surface area contributed by atoms with Crippen molar-refractivity contribution in [3.05, 3.63) is 0 Å². The van der Waals surface area contributed by atoms with Gasteiger partial charge >= 0.3 is 5.97 Å². The topological polar surface area (TPSA) is 73.1 Å². The molecule has 2 bridgehead atoms. The Bertz CT molecular complexity index is 323. The third kappa shape index (κ3) is 1.80. The molecule has 0 aromatic carbocycles. The van der Waals surface area contributed by atoms with Crippen molar-refractivity contribution in [2.45, 2.75) is 44.7 Å². The van der Waals surface area contributed by atoms with Gasteiger partial charge in [0.05, 0.1) is 18.0 Å². The summed E-state index contributed by atoms with van der Waals surface area (Å²) in [5.74, 6) is -0.177. The zero-order chi connectivity index (χ0) is 11.7. The van der Waals surface area contributed by atoms with Gasteiger partial charge in [0.1, 0.15) is 0 Å². The normalized spacial score (nSPS) is 38.2. The van der Waals surface area contributed by atoms with Crippen LogP contribution in [0, 0.1) is 29.1 Å². The van der Waals surface area contributed by atoms with Crippen LogP contribution in [0.25, 0.3) is 0 Å². The molecule has 0 aromatic heterocycles. The molecule has 0 aliphatic heterocycles. The summed E-state index contributed by atoms with van der Waals surface area (Å²) in [6.07, 6.45) is 3.92. The van der Waals surface area contributed by atoms with Crippen LogP contribution in [0.5, 0.6) is 0 Å². The minimum atomic E-state index is -0.697. The van der Waals surface area contributed by atoms with Crippen molar-refractivity contribution in [2.75, 3.05) is 0 Å². The Labute approximate surface area is 95.6 Å². The van der Waals surface area contributed by atoms with Crippen LogP contribution in [0.15, 0.2) is 0 Å². The molecule has 5 unspecified atom stereocenters. The number of aliphatic carboxylic acids is 1. The lowest BCUT2D eigenvalue weighted by molar-refractivity contribution is -0.144. The Morgan fingerprint density at radius 1 is 1.56 bits per heavy atom. The highest BCUT2D eigenvalue weighted by Gasteiger charge is 2.51. The summed E-state index contributed by atoms with van der Waals surface area (Å²) in [6, 6.07) is 2.01. The smallest absolute Gasteiger partial charge is 0.308 e. The van der Waals surface area contributed by atoms with E-state index in [4.69, 9.17) is 5.26 Å². The number of fused-ring (bicyclic) bond motifs is 2. The van der Waals surface area contributed by atoms with Crippen LogP contribution in [0.4, 0.5) is 0 Å². The fourth-order valence-corrected chi connectivity index (χ4v) is 3.37. The molecule has 2 aliphatic carbocycles. The van der Waals surface area contributed by atoms with Gasteiger partial charge in [0.25, 0.3) is 0 Å². The highest BCUT2D eigenvalue weighted by Crippen LogP contribution is 2.48. The number of nitriles is 1. The van der Waals surface area contributed by atoms with Crippen LogP contribution in [0.3, 0.4) is 0 Å². The number of rotatable bonds is 4. The fourth-order valence-electron chi connectivity index (χ4n) is 3.37. The Hall–Kier alpha value is -1.08. The molecule has 2 fully saturated rings. The second-order valence-electron chi connectivity index (χ2n) is 4.98. The van der Waals surface area contributed by atoms with Crippen LogP contribution in [-0.2, 0) is 4.79 Å². The third-order valence-electron chi connectivity index (χ3n) is 4.16. The van der Waals surface area contributed by atoms with Crippen LogP contribution < -0.4 is 5.32 Å². The summed E-state index contributed by atoms with van der Waals surface area (Å²) in [5.41, 5.74) is 0. The quantitative estimate of drug-likeness (QED) is 0.753. The Kier molecular flexibility index (Phi) is 3.15. The van der Waals surface area contributed by atoms with Crippen molar-refractivity contribution in [1.82, 2.24) is 5.32 Å². The summed E-state index contributed by atoms with van der Waals surface area (Å²) in [4.78, 5) is 11.2. The highest BCUT2D eigenvalue weighted by molar-refractivity contribution is 5.72. The van der Waals surface area contributed by atoms with Gasteiger partial charge in [-0.3, -0.25) is 10.1 Å². The molecule has 16 heavy (non-hydrogen) atoms. The van der Waals surface area contributed by atoms with E-state index in [-0.39, 0.29) is 18.0 Å². The maximum absolute atomic E-state index is 11.2. The largest absolute Gasteiger partial charge is 0.481 e. The first kappa shape index (κ1) is 11.4. The predicted octanol–water partition coefficient (Wildman–Crippen LogP) is 1.38. The van der Waals surface area contributed by atoms with Gasteiger partial charge in [0.2, 0.25) is 0 Å². The van der Waals surface area contributed by atoms with E-state index in [1.54, 1.807) is 0 Å². The lowest BCUT2D eigenvalue weighted by Gasteiger charge is -2.30. The van der Waals surface area contributed by atoms with Crippen molar-refractivity contribution in [2.24, 2.45) is 17.8 Å². The minimum Gasteiger partial charge on any atom is -0.481 e. The van der Waals surface area contributed by atoms with Crippen molar-refractivity contribution in [3.8, 4) is 6.07 Å². The van der Waals surface area contributed by atoms with E-state index < -0.39 is 5.97 Å². The van der Waals surface area contributed by atoms with E-state index in [0.717, 1.165) is 25.7 Å². The van der Waals surface area contributed by atoms with Gasteiger partial charge < -0.3 is 5.11 Å². The van der Waals surface area contributed by atoms with Gasteiger partial charge in [-0.05, 0) is 37.5 Å². The Balaban J connectivity index is 2.07. The van der Waals surface area contributed by atoms with Gasteiger partial charge in [0, 0.05) is 6.04 Å². The van der Waals surface area contributed by atoms with Crippen molar-refractivity contribution >= 4 is 5.97 Å². The molecule has 2 N–H and O–H groups in total. The van der Waals surface area contributed by atoms with Gasteiger partial charge in [-0.1, -0.05) is 6.92 Å². The molecule has 4 nitrogen and oxygen atoms in total. The molecule has 0 radical (unpaired) electrons. The number of carboxylic acid groups (broad SMARTS) is 1. The maximum atomic E-state index is 11.2. The summed E-state index contributed by atoms with van der Waals surface area (Å²) >= 11 is 0. The van der Waals surface area contributed by atoms with Gasteiger partial charge in [-0.2, -0.15) is 5.26 Å².